The van der Waals surface area contributed by atoms with Gasteiger partial charge in [-0.15, -0.1) is 0 Å². The molecule has 0 saturated heterocycles. The molecule has 1 aromatic carbocycles. The van der Waals surface area contributed by atoms with E-state index in [9.17, 15) is 9.18 Å². The molecule has 5 heteroatoms. The molecule has 0 fully saturated rings. The second kappa shape index (κ2) is 4.49. The third-order valence-corrected chi connectivity index (χ3v) is 2.09. The van der Waals surface area contributed by atoms with E-state index >= 15 is 0 Å². The number of furan rings is 1. The van der Waals surface area contributed by atoms with Gasteiger partial charge in [-0.05, 0) is 30.3 Å². The lowest BCUT2D eigenvalue weighted by molar-refractivity contribution is 0.0996. The van der Waals surface area contributed by atoms with Gasteiger partial charge in [0.15, 0.2) is 5.76 Å². The molecule has 84 valence electrons. The van der Waals surface area contributed by atoms with Crippen LogP contribution in [0.25, 0.3) is 0 Å². The molecule has 0 bridgehead atoms. The second-order valence-corrected chi connectivity index (χ2v) is 3.24. The highest BCUT2D eigenvalue weighted by molar-refractivity contribution is 6.02. The van der Waals surface area contributed by atoms with E-state index in [1.54, 1.807) is 12.1 Å². The van der Waals surface area contributed by atoms with Crippen molar-refractivity contribution in [2.75, 3.05) is 5.32 Å². The molecule has 4 nitrogen and oxygen atoms in total. The van der Waals surface area contributed by atoms with Gasteiger partial charge in [-0.1, -0.05) is 0 Å². The molecule has 0 aliphatic heterocycles. The maximum atomic E-state index is 13.4. The normalized spacial score (nSPS) is 9.65. The fourth-order valence-corrected chi connectivity index (χ4v) is 1.28. The summed E-state index contributed by atoms with van der Waals surface area (Å²) in [5.41, 5.74) is 0.198. The Kier molecular flexibility index (Phi) is 2.88. The molecule has 0 radical (unpaired) electrons. The van der Waals surface area contributed by atoms with Crippen LogP contribution in [-0.2, 0) is 0 Å². The Morgan fingerprint density at radius 3 is 2.82 bits per heavy atom. The summed E-state index contributed by atoms with van der Waals surface area (Å²) in [7, 11) is 0. The minimum atomic E-state index is -0.663. The molecule has 0 aliphatic rings. The monoisotopic (exact) mass is 230 g/mol. The minimum absolute atomic E-state index is 0.00500. The number of benzene rings is 1. The van der Waals surface area contributed by atoms with Crippen molar-refractivity contribution in [1.82, 2.24) is 0 Å². The van der Waals surface area contributed by atoms with Gasteiger partial charge in [0.2, 0.25) is 0 Å². The van der Waals surface area contributed by atoms with Crippen LogP contribution in [0.4, 0.5) is 10.1 Å². The van der Waals surface area contributed by atoms with E-state index in [1.807, 2.05) is 0 Å². The fourth-order valence-electron chi connectivity index (χ4n) is 1.28. The Hall–Kier alpha value is -2.61. The third-order valence-electron chi connectivity index (χ3n) is 2.09. The number of hydrogen-bond acceptors (Lipinski definition) is 3. The van der Waals surface area contributed by atoms with Gasteiger partial charge >= 0.3 is 0 Å². The predicted molar refractivity (Wildman–Crippen MR) is 57.8 cm³/mol. The molecule has 1 heterocycles. The average molecular weight is 230 g/mol. The van der Waals surface area contributed by atoms with E-state index in [0.29, 0.717) is 0 Å². The molecule has 0 spiro atoms. The number of amides is 1. The Labute approximate surface area is 96.3 Å². The minimum Gasteiger partial charge on any atom is -0.459 e. The maximum Gasteiger partial charge on any atom is 0.291 e. The third kappa shape index (κ3) is 2.32. The van der Waals surface area contributed by atoms with Crippen LogP contribution in [0, 0.1) is 17.1 Å². The zero-order chi connectivity index (χ0) is 12.3. The second-order valence-electron chi connectivity index (χ2n) is 3.24. The van der Waals surface area contributed by atoms with Crippen LogP contribution in [0.15, 0.2) is 41.0 Å². The van der Waals surface area contributed by atoms with Crippen molar-refractivity contribution < 1.29 is 13.6 Å². The first-order valence-corrected chi connectivity index (χ1v) is 4.75. The zero-order valence-electron chi connectivity index (χ0n) is 8.61. The van der Waals surface area contributed by atoms with Crippen molar-refractivity contribution in [3.05, 3.63) is 53.7 Å². The molecular formula is C12H7FN2O2. The van der Waals surface area contributed by atoms with Gasteiger partial charge in [0.05, 0.1) is 23.6 Å². The number of carbonyl (C=O) groups is 1. The summed E-state index contributed by atoms with van der Waals surface area (Å²) in [6.45, 7) is 0. The van der Waals surface area contributed by atoms with Crippen LogP contribution in [0.1, 0.15) is 16.1 Å². The van der Waals surface area contributed by atoms with Crippen molar-refractivity contribution in [3.8, 4) is 6.07 Å². The summed E-state index contributed by atoms with van der Waals surface area (Å²) >= 11 is 0. The van der Waals surface area contributed by atoms with Gasteiger partial charge in [0.1, 0.15) is 5.82 Å². The molecule has 0 saturated carbocycles. The van der Waals surface area contributed by atoms with Gasteiger partial charge in [-0.3, -0.25) is 4.79 Å². The Morgan fingerprint density at radius 1 is 1.41 bits per heavy atom. The number of carbonyl (C=O) groups excluding carboxylic acids is 1. The number of anilines is 1. The van der Waals surface area contributed by atoms with E-state index in [4.69, 9.17) is 9.68 Å². The SMILES string of the molecule is N#Cc1ccc(NC(=O)c2ccco2)c(F)c1. The summed E-state index contributed by atoms with van der Waals surface area (Å²) in [6.07, 6.45) is 1.35. The number of nitrogens with one attached hydrogen (secondary N) is 1. The molecular weight excluding hydrogens is 223 g/mol. The van der Waals surface area contributed by atoms with Crippen molar-refractivity contribution in [1.29, 1.82) is 5.26 Å². The standard InChI is InChI=1S/C12H7FN2O2/c13-9-6-8(7-14)3-4-10(9)15-12(16)11-2-1-5-17-11/h1-6H,(H,15,16). The number of nitriles is 1. The van der Waals surface area contributed by atoms with Crippen LogP contribution in [0.5, 0.6) is 0 Å². The van der Waals surface area contributed by atoms with Gasteiger partial charge in [0.25, 0.3) is 5.91 Å². The molecule has 0 aliphatic carbocycles. The van der Waals surface area contributed by atoms with Crippen LogP contribution in [0.2, 0.25) is 0 Å². The number of rotatable bonds is 2. The Morgan fingerprint density at radius 2 is 2.24 bits per heavy atom. The lowest BCUT2D eigenvalue weighted by Gasteiger charge is -2.04. The topological polar surface area (TPSA) is 66.0 Å². The van der Waals surface area contributed by atoms with Crippen LogP contribution in [0.3, 0.4) is 0 Å². The largest absolute Gasteiger partial charge is 0.459 e. The molecule has 1 amide bonds. The van der Waals surface area contributed by atoms with E-state index < -0.39 is 11.7 Å². The first kappa shape index (κ1) is 10.9. The summed E-state index contributed by atoms with van der Waals surface area (Å²) in [6, 6.07) is 8.63. The van der Waals surface area contributed by atoms with Gasteiger partial charge in [0, 0.05) is 0 Å². The first-order valence-electron chi connectivity index (χ1n) is 4.75. The highest BCUT2D eigenvalue weighted by Crippen LogP contribution is 2.16. The lowest BCUT2D eigenvalue weighted by Crippen LogP contribution is -2.12. The highest BCUT2D eigenvalue weighted by atomic mass is 19.1. The maximum absolute atomic E-state index is 13.4. The number of hydrogen-bond donors (Lipinski definition) is 1. The Balaban J connectivity index is 2.20. The zero-order valence-corrected chi connectivity index (χ0v) is 8.61. The van der Waals surface area contributed by atoms with E-state index in [1.165, 1.54) is 24.5 Å². The first-order chi connectivity index (χ1) is 8.20. The summed E-state index contributed by atoms with van der Waals surface area (Å²) < 4.78 is 18.3. The average Bonchev–Trinajstić information content (AvgIpc) is 2.85. The van der Waals surface area contributed by atoms with Gasteiger partial charge in [-0.2, -0.15) is 5.26 Å². The molecule has 17 heavy (non-hydrogen) atoms. The summed E-state index contributed by atoms with van der Waals surface area (Å²) in [5, 5.41) is 10.9. The number of nitrogens with zero attached hydrogens (tertiary/aromatic N) is 1. The van der Waals surface area contributed by atoms with E-state index in [-0.39, 0.29) is 17.0 Å². The molecule has 0 unspecified atom stereocenters. The van der Waals surface area contributed by atoms with Crippen molar-refractivity contribution in [3.63, 3.8) is 0 Å². The molecule has 0 atom stereocenters. The lowest BCUT2D eigenvalue weighted by atomic mass is 10.2. The quantitative estimate of drug-likeness (QED) is 0.862. The fraction of sp³-hybridized carbons (Fsp3) is 0. The van der Waals surface area contributed by atoms with Crippen LogP contribution < -0.4 is 5.32 Å². The summed E-state index contributed by atoms with van der Waals surface area (Å²) in [4.78, 5) is 11.5. The molecule has 1 aromatic heterocycles. The van der Waals surface area contributed by atoms with Crippen molar-refractivity contribution >= 4 is 11.6 Å². The molecule has 2 aromatic rings. The van der Waals surface area contributed by atoms with Gasteiger partial charge in [-0.25, -0.2) is 4.39 Å². The Bertz CT molecular complexity index is 585. The van der Waals surface area contributed by atoms with Crippen molar-refractivity contribution in [2.45, 2.75) is 0 Å². The molecule has 1 N–H and O–H groups in total. The van der Waals surface area contributed by atoms with E-state index in [0.717, 1.165) is 6.07 Å². The van der Waals surface area contributed by atoms with E-state index in [2.05, 4.69) is 5.32 Å². The predicted octanol–water partition coefficient (Wildman–Crippen LogP) is 2.54. The van der Waals surface area contributed by atoms with Crippen molar-refractivity contribution in [2.24, 2.45) is 0 Å². The number of halogens is 1. The van der Waals surface area contributed by atoms with Crippen LogP contribution >= 0.6 is 0 Å². The van der Waals surface area contributed by atoms with Gasteiger partial charge < -0.3 is 9.73 Å². The highest BCUT2D eigenvalue weighted by Gasteiger charge is 2.11. The molecule has 2 rings (SSSR count). The summed E-state index contributed by atoms with van der Waals surface area (Å²) in [5.74, 6) is -1.11. The van der Waals surface area contributed by atoms with Crippen LogP contribution in [-0.4, -0.2) is 5.91 Å². The smallest absolute Gasteiger partial charge is 0.291 e.